The highest BCUT2D eigenvalue weighted by Crippen LogP contribution is 2.21. The Labute approximate surface area is 173 Å². The molecule has 2 rings (SSSR count). The predicted octanol–water partition coefficient (Wildman–Crippen LogP) is 2.63. The number of para-hydroxylation sites is 1. The van der Waals surface area contributed by atoms with Gasteiger partial charge in [-0.3, -0.25) is 4.79 Å². The number of nitrogens with one attached hydrogen (secondary N) is 2. The molecule has 1 saturated heterocycles. The normalized spacial score (nSPS) is 15.2. The first-order valence-corrected chi connectivity index (χ1v) is 9.03. The first-order valence-electron chi connectivity index (χ1n) is 9.03. The summed E-state index contributed by atoms with van der Waals surface area (Å²) in [5.41, 5.74) is 1.08. The van der Waals surface area contributed by atoms with Gasteiger partial charge >= 0.3 is 0 Å². The number of amides is 1. The maximum Gasteiger partial charge on any atom is 0.220 e. The van der Waals surface area contributed by atoms with Crippen molar-refractivity contribution >= 4 is 35.8 Å². The molecule has 0 bridgehead atoms. The van der Waals surface area contributed by atoms with Crippen LogP contribution in [-0.2, 0) is 11.3 Å². The Kier molecular flexibility index (Phi) is 10.4. The Balaban J connectivity index is 0.00000338. The minimum absolute atomic E-state index is 0. The molecule has 7 heteroatoms. The Morgan fingerprint density at radius 1 is 1.31 bits per heavy atom. The molecule has 1 heterocycles. The number of nitrogens with zero attached hydrogens (tertiary/aromatic N) is 2. The molecule has 1 aliphatic heterocycles. The molecule has 0 aromatic heterocycles. The molecule has 0 aliphatic carbocycles. The van der Waals surface area contributed by atoms with Crippen LogP contribution >= 0.6 is 24.0 Å². The fraction of sp³-hybridized carbons (Fsp3) is 0.579. The molecule has 0 spiro atoms. The standard InChI is InChI=1S/C19H30N4O2.HI/c1-4-21-19(22-14-16-7-5-6-8-17(16)25-3)23-11-9-15(10-12-23)13-18(24)20-2;/h5-8,15H,4,9-14H2,1-3H3,(H,20,24)(H,21,22);1H. The van der Waals surface area contributed by atoms with E-state index in [4.69, 9.17) is 9.73 Å². The first kappa shape index (κ1) is 22.5. The third kappa shape index (κ3) is 6.66. The third-order valence-corrected chi connectivity index (χ3v) is 4.59. The number of methoxy groups -OCH3 is 1. The van der Waals surface area contributed by atoms with Gasteiger partial charge in [0.15, 0.2) is 5.96 Å². The number of aliphatic imine (C=N–C) groups is 1. The van der Waals surface area contributed by atoms with E-state index in [0.717, 1.165) is 49.7 Å². The molecule has 26 heavy (non-hydrogen) atoms. The van der Waals surface area contributed by atoms with Gasteiger partial charge in [0.05, 0.1) is 13.7 Å². The van der Waals surface area contributed by atoms with Gasteiger partial charge < -0.3 is 20.3 Å². The van der Waals surface area contributed by atoms with E-state index >= 15 is 0 Å². The zero-order valence-electron chi connectivity index (χ0n) is 16.0. The second-order valence-electron chi connectivity index (χ2n) is 6.29. The number of carbonyl (C=O) groups excluding carboxylic acids is 1. The van der Waals surface area contributed by atoms with E-state index in [1.165, 1.54) is 0 Å². The zero-order valence-corrected chi connectivity index (χ0v) is 18.3. The second kappa shape index (κ2) is 12.0. The highest BCUT2D eigenvalue weighted by molar-refractivity contribution is 14.0. The summed E-state index contributed by atoms with van der Waals surface area (Å²) in [6.45, 7) is 5.36. The van der Waals surface area contributed by atoms with Crippen LogP contribution in [0.2, 0.25) is 0 Å². The van der Waals surface area contributed by atoms with E-state index in [2.05, 4.69) is 22.5 Å². The molecule has 1 aliphatic rings. The lowest BCUT2D eigenvalue weighted by atomic mass is 9.93. The van der Waals surface area contributed by atoms with Gasteiger partial charge in [0.1, 0.15) is 5.75 Å². The molecule has 0 atom stereocenters. The monoisotopic (exact) mass is 474 g/mol. The van der Waals surface area contributed by atoms with E-state index in [1.54, 1.807) is 14.2 Å². The predicted molar refractivity (Wildman–Crippen MR) is 116 cm³/mol. The highest BCUT2D eigenvalue weighted by Gasteiger charge is 2.23. The molecule has 0 radical (unpaired) electrons. The lowest BCUT2D eigenvalue weighted by molar-refractivity contribution is -0.121. The van der Waals surface area contributed by atoms with Crippen LogP contribution in [0.1, 0.15) is 31.7 Å². The molecular formula is C19H31IN4O2. The number of benzene rings is 1. The Bertz CT molecular complexity index is 587. The van der Waals surface area contributed by atoms with Crippen molar-refractivity contribution in [3.8, 4) is 5.75 Å². The van der Waals surface area contributed by atoms with Crippen LogP contribution in [0.25, 0.3) is 0 Å². The van der Waals surface area contributed by atoms with Crippen LogP contribution in [0.4, 0.5) is 0 Å². The van der Waals surface area contributed by atoms with E-state index in [1.807, 2.05) is 24.3 Å². The number of piperidine rings is 1. The lowest BCUT2D eigenvalue weighted by Crippen LogP contribution is -2.46. The molecule has 1 aromatic rings. The lowest BCUT2D eigenvalue weighted by Gasteiger charge is -2.34. The number of ether oxygens (including phenoxy) is 1. The summed E-state index contributed by atoms with van der Waals surface area (Å²) in [6.07, 6.45) is 2.66. The fourth-order valence-electron chi connectivity index (χ4n) is 3.13. The summed E-state index contributed by atoms with van der Waals surface area (Å²) in [4.78, 5) is 18.6. The Morgan fingerprint density at radius 3 is 2.62 bits per heavy atom. The number of rotatable bonds is 6. The smallest absolute Gasteiger partial charge is 0.220 e. The van der Waals surface area contributed by atoms with E-state index in [-0.39, 0.29) is 29.9 Å². The molecule has 146 valence electrons. The number of halogens is 1. The molecule has 0 saturated carbocycles. The highest BCUT2D eigenvalue weighted by atomic mass is 127. The van der Waals surface area contributed by atoms with Crippen molar-refractivity contribution in [2.45, 2.75) is 32.7 Å². The summed E-state index contributed by atoms with van der Waals surface area (Å²) < 4.78 is 5.40. The number of hydrogen-bond donors (Lipinski definition) is 2. The van der Waals surface area contributed by atoms with Gasteiger partial charge in [0, 0.05) is 38.7 Å². The number of likely N-dealkylation sites (tertiary alicyclic amines) is 1. The van der Waals surface area contributed by atoms with Gasteiger partial charge in [-0.15, -0.1) is 24.0 Å². The molecule has 0 unspecified atom stereocenters. The van der Waals surface area contributed by atoms with Crippen LogP contribution in [0, 0.1) is 5.92 Å². The molecule has 1 amide bonds. The topological polar surface area (TPSA) is 66.0 Å². The Hall–Kier alpha value is -1.51. The van der Waals surface area contributed by atoms with Crippen molar-refractivity contribution in [1.29, 1.82) is 0 Å². The summed E-state index contributed by atoms with van der Waals surface area (Å²) in [5.74, 6) is 2.40. The fourth-order valence-corrected chi connectivity index (χ4v) is 3.13. The number of hydrogen-bond acceptors (Lipinski definition) is 3. The summed E-state index contributed by atoms with van der Waals surface area (Å²) in [5, 5.41) is 6.10. The van der Waals surface area contributed by atoms with Crippen LogP contribution in [0.3, 0.4) is 0 Å². The van der Waals surface area contributed by atoms with Gasteiger partial charge in [-0.1, -0.05) is 18.2 Å². The van der Waals surface area contributed by atoms with Gasteiger partial charge in [0.2, 0.25) is 5.91 Å². The second-order valence-corrected chi connectivity index (χ2v) is 6.29. The van der Waals surface area contributed by atoms with Crippen molar-refractivity contribution in [2.24, 2.45) is 10.9 Å². The van der Waals surface area contributed by atoms with Gasteiger partial charge in [0.25, 0.3) is 0 Å². The Morgan fingerprint density at radius 2 is 2.00 bits per heavy atom. The maximum absolute atomic E-state index is 11.5. The number of guanidine groups is 1. The van der Waals surface area contributed by atoms with Gasteiger partial charge in [-0.25, -0.2) is 4.99 Å². The van der Waals surface area contributed by atoms with Crippen molar-refractivity contribution in [2.75, 3.05) is 33.8 Å². The largest absolute Gasteiger partial charge is 0.496 e. The molecule has 1 aromatic carbocycles. The first-order chi connectivity index (χ1) is 12.2. The SMILES string of the molecule is CCNC(=NCc1ccccc1OC)N1CCC(CC(=O)NC)CC1.I. The van der Waals surface area contributed by atoms with Crippen LogP contribution < -0.4 is 15.4 Å². The maximum atomic E-state index is 11.5. The van der Waals surface area contributed by atoms with Crippen molar-refractivity contribution in [1.82, 2.24) is 15.5 Å². The minimum atomic E-state index is 0. The summed E-state index contributed by atoms with van der Waals surface area (Å²) in [6, 6.07) is 7.97. The zero-order chi connectivity index (χ0) is 18.1. The molecular weight excluding hydrogens is 443 g/mol. The van der Waals surface area contributed by atoms with E-state index in [0.29, 0.717) is 18.9 Å². The van der Waals surface area contributed by atoms with Gasteiger partial charge in [-0.05, 0) is 31.7 Å². The average molecular weight is 474 g/mol. The summed E-state index contributed by atoms with van der Waals surface area (Å²) in [7, 11) is 3.39. The molecule has 6 nitrogen and oxygen atoms in total. The number of carbonyl (C=O) groups is 1. The van der Waals surface area contributed by atoms with E-state index < -0.39 is 0 Å². The van der Waals surface area contributed by atoms with Crippen molar-refractivity contribution in [3.63, 3.8) is 0 Å². The van der Waals surface area contributed by atoms with Crippen LogP contribution in [-0.4, -0.2) is 50.6 Å². The summed E-state index contributed by atoms with van der Waals surface area (Å²) >= 11 is 0. The van der Waals surface area contributed by atoms with E-state index in [9.17, 15) is 4.79 Å². The third-order valence-electron chi connectivity index (χ3n) is 4.59. The minimum Gasteiger partial charge on any atom is -0.496 e. The van der Waals surface area contributed by atoms with Crippen molar-refractivity contribution < 1.29 is 9.53 Å². The molecule has 1 fully saturated rings. The average Bonchev–Trinajstić information content (AvgIpc) is 2.66. The quantitative estimate of drug-likeness (QED) is 0.378. The van der Waals surface area contributed by atoms with Gasteiger partial charge in [-0.2, -0.15) is 0 Å². The van der Waals surface area contributed by atoms with Crippen LogP contribution in [0.15, 0.2) is 29.3 Å². The van der Waals surface area contributed by atoms with Crippen molar-refractivity contribution in [3.05, 3.63) is 29.8 Å². The molecule has 2 N–H and O–H groups in total. The van der Waals surface area contributed by atoms with Crippen LogP contribution in [0.5, 0.6) is 5.75 Å².